The lowest BCUT2D eigenvalue weighted by atomic mass is 10.1. The number of nitrogens with zero attached hydrogens (tertiary/aromatic N) is 1. The molecule has 1 aliphatic rings. The van der Waals surface area contributed by atoms with Gasteiger partial charge in [0.15, 0.2) is 0 Å². The number of hydrogen-bond acceptors (Lipinski definition) is 3. The lowest BCUT2D eigenvalue weighted by Crippen LogP contribution is -2.48. The Bertz CT molecular complexity index is 389. The van der Waals surface area contributed by atoms with Gasteiger partial charge in [-0.25, -0.2) is 8.78 Å². The second-order valence-corrected chi connectivity index (χ2v) is 4.94. The van der Waals surface area contributed by atoms with Crippen LogP contribution in [-0.4, -0.2) is 43.6 Å². The molecule has 1 aliphatic heterocycles. The summed E-state index contributed by atoms with van der Waals surface area (Å²) in [5.74, 6) is 0.498. The molecule has 0 aromatic heterocycles. The molecule has 1 N–H and O–H groups in total. The molecule has 1 atom stereocenters. The maximum atomic E-state index is 12.0. The maximum absolute atomic E-state index is 12.0. The second kappa shape index (κ2) is 8.39. The van der Waals surface area contributed by atoms with Crippen LogP contribution in [-0.2, 0) is 6.54 Å². The standard InChI is InChI=1S/C14H20F2N2O.ClH/c1-11-8-18(7-6-17-11)9-12-2-4-13(5-3-12)19-10-14(15)16;/h2-5,11,14,17H,6-10H2,1H3;1H/t11-;/m1./s1. The van der Waals surface area contributed by atoms with Crippen molar-refractivity contribution in [2.24, 2.45) is 0 Å². The van der Waals surface area contributed by atoms with Gasteiger partial charge in [0.25, 0.3) is 6.43 Å². The summed E-state index contributed by atoms with van der Waals surface area (Å²) in [6.07, 6.45) is -2.43. The van der Waals surface area contributed by atoms with E-state index in [1.54, 1.807) is 12.1 Å². The van der Waals surface area contributed by atoms with Crippen LogP contribution in [0.25, 0.3) is 0 Å². The fourth-order valence-corrected chi connectivity index (χ4v) is 2.26. The van der Waals surface area contributed by atoms with Crippen LogP contribution in [0.5, 0.6) is 5.75 Å². The van der Waals surface area contributed by atoms with Crippen molar-refractivity contribution in [3.05, 3.63) is 29.8 Å². The number of rotatable bonds is 5. The highest BCUT2D eigenvalue weighted by Gasteiger charge is 2.15. The number of nitrogens with one attached hydrogen (secondary N) is 1. The molecule has 6 heteroatoms. The third-order valence-electron chi connectivity index (χ3n) is 3.16. The smallest absolute Gasteiger partial charge is 0.272 e. The number of alkyl halides is 2. The highest BCUT2D eigenvalue weighted by molar-refractivity contribution is 5.85. The van der Waals surface area contributed by atoms with E-state index >= 15 is 0 Å². The molecular formula is C14H21ClF2N2O. The molecule has 1 aromatic rings. The predicted octanol–water partition coefficient (Wildman–Crippen LogP) is 2.55. The summed E-state index contributed by atoms with van der Waals surface area (Å²) in [5.41, 5.74) is 1.18. The van der Waals surface area contributed by atoms with Crippen molar-refractivity contribution >= 4 is 12.4 Å². The van der Waals surface area contributed by atoms with Crippen LogP contribution in [0.2, 0.25) is 0 Å². The van der Waals surface area contributed by atoms with Gasteiger partial charge in [-0.3, -0.25) is 4.90 Å². The average molecular weight is 307 g/mol. The first kappa shape index (κ1) is 17.1. The zero-order chi connectivity index (χ0) is 13.7. The lowest BCUT2D eigenvalue weighted by molar-refractivity contribution is 0.0819. The molecule has 114 valence electrons. The van der Waals surface area contributed by atoms with Crippen LogP contribution >= 0.6 is 12.4 Å². The topological polar surface area (TPSA) is 24.5 Å². The van der Waals surface area contributed by atoms with Crippen LogP contribution in [0.1, 0.15) is 12.5 Å². The van der Waals surface area contributed by atoms with E-state index in [0.29, 0.717) is 11.8 Å². The zero-order valence-corrected chi connectivity index (χ0v) is 12.3. The van der Waals surface area contributed by atoms with Gasteiger partial charge in [0.05, 0.1) is 0 Å². The molecule has 2 rings (SSSR count). The Morgan fingerprint density at radius 3 is 2.65 bits per heavy atom. The van der Waals surface area contributed by atoms with Crippen molar-refractivity contribution in [2.75, 3.05) is 26.2 Å². The molecule has 0 amide bonds. The second-order valence-electron chi connectivity index (χ2n) is 4.94. The highest BCUT2D eigenvalue weighted by atomic mass is 35.5. The van der Waals surface area contributed by atoms with E-state index in [-0.39, 0.29) is 12.4 Å². The SMILES string of the molecule is C[C@@H]1CN(Cc2ccc(OCC(F)F)cc2)CCN1.Cl. The summed E-state index contributed by atoms with van der Waals surface area (Å²) in [7, 11) is 0. The van der Waals surface area contributed by atoms with Crippen molar-refractivity contribution in [3.8, 4) is 5.75 Å². The zero-order valence-electron chi connectivity index (χ0n) is 11.5. The molecule has 0 radical (unpaired) electrons. The van der Waals surface area contributed by atoms with Crippen LogP contribution in [0.15, 0.2) is 24.3 Å². The summed E-state index contributed by atoms with van der Waals surface area (Å²) >= 11 is 0. The Balaban J connectivity index is 0.00000200. The minimum atomic E-state index is -2.43. The van der Waals surface area contributed by atoms with E-state index in [1.165, 1.54) is 5.56 Å². The Kier molecular flexibility index (Phi) is 7.19. The number of halogens is 3. The quantitative estimate of drug-likeness (QED) is 0.905. The van der Waals surface area contributed by atoms with Crippen molar-refractivity contribution in [1.82, 2.24) is 10.2 Å². The summed E-state index contributed by atoms with van der Waals surface area (Å²) in [6.45, 7) is 5.59. The summed E-state index contributed by atoms with van der Waals surface area (Å²) in [4.78, 5) is 2.39. The van der Waals surface area contributed by atoms with Gasteiger partial charge in [0, 0.05) is 32.2 Å². The van der Waals surface area contributed by atoms with Gasteiger partial charge in [-0.1, -0.05) is 12.1 Å². The fraction of sp³-hybridized carbons (Fsp3) is 0.571. The first-order chi connectivity index (χ1) is 9.13. The molecule has 0 aliphatic carbocycles. The van der Waals surface area contributed by atoms with Crippen molar-refractivity contribution in [2.45, 2.75) is 25.9 Å². The lowest BCUT2D eigenvalue weighted by Gasteiger charge is -2.31. The third kappa shape index (κ3) is 5.61. The van der Waals surface area contributed by atoms with Gasteiger partial charge in [-0.15, -0.1) is 12.4 Å². The Morgan fingerprint density at radius 1 is 1.35 bits per heavy atom. The molecule has 3 nitrogen and oxygen atoms in total. The molecule has 0 bridgehead atoms. The molecule has 1 aromatic carbocycles. The number of piperazine rings is 1. The van der Waals surface area contributed by atoms with E-state index in [9.17, 15) is 8.78 Å². The van der Waals surface area contributed by atoms with Gasteiger partial charge in [-0.2, -0.15) is 0 Å². The Morgan fingerprint density at radius 2 is 2.05 bits per heavy atom. The average Bonchev–Trinajstić information content (AvgIpc) is 2.38. The first-order valence-electron chi connectivity index (χ1n) is 6.59. The summed E-state index contributed by atoms with van der Waals surface area (Å²) in [5, 5.41) is 3.40. The van der Waals surface area contributed by atoms with Crippen molar-refractivity contribution < 1.29 is 13.5 Å². The molecule has 0 saturated carbocycles. The van der Waals surface area contributed by atoms with E-state index in [2.05, 4.69) is 17.1 Å². The minimum absolute atomic E-state index is 0. The van der Waals surface area contributed by atoms with Crippen LogP contribution in [0, 0.1) is 0 Å². The van der Waals surface area contributed by atoms with Crippen molar-refractivity contribution in [1.29, 1.82) is 0 Å². The van der Waals surface area contributed by atoms with E-state index < -0.39 is 13.0 Å². The van der Waals surface area contributed by atoms with Gasteiger partial charge < -0.3 is 10.1 Å². The molecule has 0 unspecified atom stereocenters. The first-order valence-corrected chi connectivity index (χ1v) is 6.59. The van der Waals surface area contributed by atoms with Gasteiger partial charge in [0.2, 0.25) is 0 Å². The number of hydrogen-bond donors (Lipinski definition) is 1. The van der Waals surface area contributed by atoms with Crippen molar-refractivity contribution in [3.63, 3.8) is 0 Å². The maximum Gasteiger partial charge on any atom is 0.272 e. The number of benzene rings is 1. The molecular weight excluding hydrogens is 286 g/mol. The van der Waals surface area contributed by atoms with E-state index in [1.807, 2.05) is 12.1 Å². The van der Waals surface area contributed by atoms with Crippen LogP contribution in [0.4, 0.5) is 8.78 Å². The monoisotopic (exact) mass is 306 g/mol. The largest absolute Gasteiger partial charge is 0.488 e. The van der Waals surface area contributed by atoms with Crippen LogP contribution < -0.4 is 10.1 Å². The summed E-state index contributed by atoms with van der Waals surface area (Å²) in [6, 6.07) is 7.90. The van der Waals surface area contributed by atoms with Gasteiger partial charge >= 0.3 is 0 Å². The van der Waals surface area contributed by atoms with E-state index in [4.69, 9.17) is 4.74 Å². The normalized spacial score (nSPS) is 19.7. The molecule has 1 heterocycles. The van der Waals surface area contributed by atoms with E-state index in [0.717, 1.165) is 26.2 Å². The molecule has 1 saturated heterocycles. The number of ether oxygens (including phenoxy) is 1. The Labute approximate surface area is 124 Å². The van der Waals surface area contributed by atoms with Gasteiger partial charge in [0.1, 0.15) is 12.4 Å². The Hall–Kier alpha value is -0.910. The molecule has 0 spiro atoms. The highest BCUT2D eigenvalue weighted by Crippen LogP contribution is 2.15. The van der Waals surface area contributed by atoms with Crippen LogP contribution in [0.3, 0.4) is 0 Å². The molecule has 20 heavy (non-hydrogen) atoms. The third-order valence-corrected chi connectivity index (χ3v) is 3.16. The van der Waals surface area contributed by atoms with Gasteiger partial charge in [-0.05, 0) is 24.6 Å². The fourth-order valence-electron chi connectivity index (χ4n) is 2.26. The molecule has 1 fully saturated rings. The summed E-state index contributed by atoms with van der Waals surface area (Å²) < 4.78 is 29.0. The minimum Gasteiger partial charge on any atom is -0.488 e. The predicted molar refractivity (Wildman–Crippen MR) is 77.9 cm³/mol.